The maximum Gasteiger partial charge on any atom is 0.0795 e. The van der Waals surface area contributed by atoms with Crippen molar-refractivity contribution in [1.29, 1.82) is 0 Å². The van der Waals surface area contributed by atoms with Crippen LogP contribution < -0.4 is 10.4 Å². The van der Waals surface area contributed by atoms with Crippen LogP contribution in [0.15, 0.2) is 134 Å². The number of aromatic nitrogens is 2. The molecular formula is C45H42IrN2SSi2-2. The SMILES string of the molecule is C[Si](C)(C)c1ccc(-c2[c-]cccc2)nc1.[2H]C([2H])(c1ccnc(-c2[c-]ccc3c2sc2ccc([Si](C)(C)C)cc23)c1)c1ccc2ccccc2c1.[Ir]. The van der Waals surface area contributed by atoms with Crippen LogP contribution in [0, 0.1) is 12.1 Å². The second kappa shape index (κ2) is 15.3. The predicted molar refractivity (Wildman–Crippen MR) is 223 cm³/mol. The molecule has 2 nitrogen and oxygen atoms in total. The van der Waals surface area contributed by atoms with Crippen molar-refractivity contribution >= 4 is 68.8 Å². The topological polar surface area (TPSA) is 25.8 Å². The molecule has 0 aliphatic heterocycles. The molecule has 3 aromatic heterocycles. The fourth-order valence-electron chi connectivity index (χ4n) is 6.03. The van der Waals surface area contributed by atoms with E-state index in [1.807, 2.05) is 85.1 Å². The van der Waals surface area contributed by atoms with Gasteiger partial charge >= 0.3 is 0 Å². The normalized spacial score (nSPS) is 12.5. The van der Waals surface area contributed by atoms with Crippen molar-refractivity contribution in [2.24, 2.45) is 0 Å². The first-order valence-corrected chi connectivity index (χ1v) is 24.9. The third kappa shape index (κ3) is 8.38. The maximum atomic E-state index is 9.01. The molecule has 8 aromatic rings. The summed E-state index contributed by atoms with van der Waals surface area (Å²) >= 11 is 1.76. The summed E-state index contributed by atoms with van der Waals surface area (Å²) in [5.74, 6) is 0. The van der Waals surface area contributed by atoms with Crippen molar-refractivity contribution in [2.75, 3.05) is 0 Å². The Balaban J connectivity index is 0.000000238. The molecule has 0 saturated carbocycles. The predicted octanol–water partition coefficient (Wildman–Crippen LogP) is 11.3. The molecule has 0 unspecified atom stereocenters. The smallest absolute Gasteiger partial charge is 0.0795 e. The number of hydrogen-bond acceptors (Lipinski definition) is 3. The molecule has 0 aliphatic rings. The van der Waals surface area contributed by atoms with E-state index < -0.39 is 22.5 Å². The van der Waals surface area contributed by atoms with E-state index in [9.17, 15) is 0 Å². The summed E-state index contributed by atoms with van der Waals surface area (Å²) in [6.45, 7) is 14.1. The number of thiophene rings is 1. The van der Waals surface area contributed by atoms with Crippen LogP contribution in [0.3, 0.4) is 0 Å². The second-order valence-corrected chi connectivity index (χ2v) is 25.9. The van der Waals surface area contributed by atoms with Gasteiger partial charge in [-0.25, -0.2) is 0 Å². The number of nitrogens with zero attached hydrogens (tertiary/aromatic N) is 2. The Morgan fingerprint density at radius 2 is 1.37 bits per heavy atom. The summed E-state index contributed by atoms with van der Waals surface area (Å²) in [7, 11) is -2.65. The molecule has 0 saturated heterocycles. The fourth-order valence-corrected chi connectivity index (χ4v) is 9.41. The average molecular weight is 893 g/mol. The molecule has 0 atom stereocenters. The molecule has 0 amide bonds. The van der Waals surface area contributed by atoms with Crippen LogP contribution in [-0.2, 0) is 26.5 Å². The van der Waals surface area contributed by atoms with E-state index in [1.165, 1.54) is 25.8 Å². The van der Waals surface area contributed by atoms with Crippen molar-refractivity contribution in [2.45, 2.75) is 45.7 Å². The van der Waals surface area contributed by atoms with Crippen LogP contribution in [0.5, 0.6) is 0 Å². The van der Waals surface area contributed by atoms with Gasteiger partial charge in [0.2, 0.25) is 0 Å². The van der Waals surface area contributed by atoms with Gasteiger partial charge in [0.05, 0.1) is 16.1 Å². The van der Waals surface area contributed by atoms with E-state index in [1.54, 1.807) is 23.6 Å². The van der Waals surface area contributed by atoms with E-state index in [0.717, 1.165) is 38.0 Å². The summed E-state index contributed by atoms with van der Waals surface area (Å²) < 4.78 is 20.4. The van der Waals surface area contributed by atoms with Gasteiger partial charge in [0.25, 0.3) is 0 Å². The van der Waals surface area contributed by atoms with Crippen molar-refractivity contribution in [3.63, 3.8) is 0 Å². The zero-order chi connectivity index (χ0) is 36.7. The van der Waals surface area contributed by atoms with Crippen LogP contribution in [0.2, 0.25) is 39.3 Å². The van der Waals surface area contributed by atoms with Gasteiger partial charge in [0.15, 0.2) is 0 Å². The number of pyridine rings is 2. The average Bonchev–Trinajstić information content (AvgIpc) is 3.53. The van der Waals surface area contributed by atoms with E-state index in [4.69, 9.17) is 2.74 Å². The van der Waals surface area contributed by atoms with Gasteiger partial charge in [0.1, 0.15) is 0 Å². The first-order chi connectivity index (χ1) is 24.8. The molecule has 0 spiro atoms. The van der Waals surface area contributed by atoms with Crippen LogP contribution in [0.1, 0.15) is 13.9 Å². The third-order valence-electron chi connectivity index (χ3n) is 8.97. The Morgan fingerprint density at radius 1 is 0.627 bits per heavy atom. The largest absolute Gasteiger partial charge is 0.305 e. The minimum atomic E-state index is -1.65. The molecule has 257 valence electrons. The van der Waals surface area contributed by atoms with Gasteiger partial charge in [-0.1, -0.05) is 123 Å². The Bertz CT molecular complexity index is 2520. The summed E-state index contributed by atoms with van der Waals surface area (Å²) in [5.41, 5.74) is 4.97. The Morgan fingerprint density at radius 3 is 2.10 bits per heavy atom. The van der Waals surface area contributed by atoms with E-state index >= 15 is 0 Å². The maximum absolute atomic E-state index is 9.01. The second-order valence-electron chi connectivity index (χ2n) is 14.7. The van der Waals surface area contributed by atoms with E-state index in [0.29, 0.717) is 11.1 Å². The molecule has 5 aromatic carbocycles. The minimum Gasteiger partial charge on any atom is -0.305 e. The summed E-state index contributed by atoms with van der Waals surface area (Å²) in [5, 5.41) is 7.49. The monoisotopic (exact) mass is 893 g/mol. The molecule has 0 bridgehead atoms. The van der Waals surface area contributed by atoms with Gasteiger partial charge < -0.3 is 9.97 Å². The Hall–Kier alpha value is -4.04. The number of hydrogen-bond donors (Lipinski definition) is 0. The van der Waals surface area contributed by atoms with E-state index in [-0.39, 0.29) is 20.1 Å². The Kier molecular flexibility index (Phi) is 10.2. The summed E-state index contributed by atoms with van der Waals surface area (Å²) in [6, 6.07) is 47.4. The first-order valence-electron chi connectivity index (χ1n) is 18.1. The third-order valence-corrected chi connectivity index (χ3v) is 14.2. The molecule has 3 heterocycles. The van der Waals surface area contributed by atoms with Crippen LogP contribution in [0.25, 0.3) is 53.5 Å². The fraction of sp³-hybridized carbons (Fsp3) is 0.156. The molecule has 51 heavy (non-hydrogen) atoms. The zero-order valence-electron chi connectivity index (χ0n) is 31.8. The van der Waals surface area contributed by atoms with Gasteiger partial charge in [-0.2, -0.15) is 11.3 Å². The van der Waals surface area contributed by atoms with Crippen LogP contribution in [0.4, 0.5) is 0 Å². The number of benzene rings is 5. The van der Waals surface area contributed by atoms with Crippen LogP contribution in [-0.4, -0.2) is 26.1 Å². The quantitative estimate of drug-likeness (QED) is 0.123. The Labute approximate surface area is 324 Å². The van der Waals surface area contributed by atoms with E-state index in [2.05, 4.69) is 97.8 Å². The molecule has 0 N–H and O–H groups in total. The standard InChI is InChI=1S/C31H26NSSi.C14H16NSi.Ir/c1-34(2,3)25-13-14-30-28(20-25)26-9-6-10-27(31(26)33-30)29-19-22(15-16-32-29)17-21-11-12-23-7-4-5-8-24(23)18-21;1-16(2,3)13-9-10-14(15-11-13)12-7-5-4-6-8-12;/h4-9,11-16,18-20H,17H2,1-3H3;4-7,9-11H,1-3H3;/q2*-1;/i17D2;;. The molecule has 0 aliphatic carbocycles. The van der Waals surface area contributed by atoms with Crippen molar-refractivity contribution in [1.82, 2.24) is 9.97 Å². The van der Waals surface area contributed by atoms with Gasteiger partial charge in [-0.3, -0.25) is 0 Å². The minimum absolute atomic E-state index is 0. The van der Waals surface area contributed by atoms with Gasteiger partial charge in [0, 0.05) is 39.9 Å². The van der Waals surface area contributed by atoms with Gasteiger partial charge in [-0.15, -0.1) is 59.7 Å². The van der Waals surface area contributed by atoms with Crippen LogP contribution >= 0.6 is 11.3 Å². The van der Waals surface area contributed by atoms with Crippen molar-refractivity contribution < 1.29 is 22.8 Å². The zero-order valence-corrected chi connectivity index (χ0v) is 35.0. The molecule has 0 fully saturated rings. The van der Waals surface area contributed by atoms with Gasteiger partial charge in [-0.05, 0) is 67.1 Å². The summed E-state index contributed by atoms with van der Waals surface area (Å²) in [4.78, 5) is 9.18. The molecule has 1 radical (unpaired) electrons. The summed E-state index contributed by atoms with van der Waals surface area (Å²) in [6.07, 6.45) is 2.08. The van der Waals surface area contributed by atoms with Crippen molar-refractivity contribution in [3.8, 4) is 22.5 Å². The number of fused-ring (bicyclic) bond motifs is 4. The van der Waals surface area contributed by atoms with Crippen molar-refractivity contribution in [3.05, 3.63) is 157 Å². The molecule has 6 heteroatoms. The molecule has 8 rings (SSSR count). The first kappa shape index (κ1) is 34.1. The molecular weight excluding hydrogens is 849 g/mol. The number of rotatable bonds is 6.